The van der Waals surface area contributed by atoms with Crippen molar-refractivity contribution in [1.29, 1.82) is 0 Å². The standard InChI is InChI=1S/C15H21FN4O2/c1-3-9(2)12-6-10(16)13-7-17-15(19-20(12)13)18-11-4-5-22-8-14(11)21/h6-7,9,11,14,21H,3-5,8H2,1-2H3,(H,18,19)/t9?,11-,14-/m1/s1. The van der Waals surface area contributed by atoms with Gasteiger partial charge in [0.05, 0.1) is 24.9 Å². The van der Waals surface area contributed by atoms with E-state index in [1.165, 1.54) is 12.3 Å². The first-order chi connectivity index (χ1) is 10.6. The number of aliphatic hydroxyl groups excluding tert-OH is 1. The maximum absolute atomic E-state index is 14.0. The van der Waals surface area contributed by atoms with E-state index in [0.717, 1.165) is 12.1 Å². The molecule has 0 aromatic carbocycles. The molecule has 120 valence electrons. The third kappa shape index (κ3) is 2.78. The number of halogens is 1. The third-order valence-corrected chi connectivity index (χ3v) is 4.25. The number of nitrogens with zero attached hydrogens (tertiary/aromatic N) is 3. The van der Waals surface area contributed by atoms with E-state index >= 15 is 0 Å². The first-order valence-corrected chi connectivity index (χ1v) is 7.66. The fourth-order valence-electron chi connectivity index (χ4n) is 2.66. The molecule has 0 bridgehead atoms. The first kappa shape index (κ1) is 15.2. The molecule has 1 unspecified atom stereocenters. The number of hydrogen-bond donors (Lipinski definition) is 2. The number of rotatable bonds is 4. The minimum absolute atomic E-state index is 0.154. The van der Waals surface area contributed by atoms with Crippen LogP contribution >= 0.6 is 0 Å². The van der Waals surface area contributed by atoms with Crippen molar-refractivity contribution in [2.45, 2.75) is 44.8 Å². The number of aliphatic hydroxyl groups is 1. The molecule has 2 aromatic rings. The van der Waals surface area contributed by atoms with E-state index in [9.17, 15) is 9.50 Å². The van der Waals surface area contributed by atoms with Gasteiger partial charge in [-0.05, 0) is 24.8 Å². The van der Waals surface area contributed by atoms with Crippen LogP contribution in [0.2, 0.25) is 0 Å². The Kier molecular flexibility index (Phi) is 4.26. The first-order valence-electron chi connectivity index (χ1n) is 7.66. The van der Waals surface area contributed by atoms with Crippen LogP contribution in [0.5, 0.6) is 0 Å². The van der Waals surface area contributed by atoms with Gasteiger partial charge in [0, 0.05) is 12.3 Å². The smallest absolute Gasteiger partial charge is 0.241 e. The molecule has 3 rings (SSSR count). The fraction of sp³-hybridized carbons (Fsp3) is 0.600. The Morgan fingerprint density at radius 3 is 3.14 bits per heavy atom. The summed E-state index contributed by atoms with van der Waals surface area (Å²) in [6.45, 7) is 4.99. The molecule has 1 aliphatic heterocycles. The highest BCUT2D eigenvalue weighted by atomic mass is 19.1. The summed E-state index contributed by atoms with van der Waals surface area (Å²) in [5, 5.41) is 17.4. The molecular weight excluding hydrogens is 287 g/mol. The summed E-state index contributed by atoms with van der Waals surface area (Å²) in [4.78, 5) is 4.16. The third-order valence-electron chi connectivity index (χ3n) is 4.25. The number of hydrogen-bond acceptors (Lipinski definition) is 5. The zero-order valence-corrected chi connectivity index (χ0v) is 12.8. The van der Waals surface area contributed by atoms with Crippen LogP contribution in [0.25, 0.3) is 5.52 Å². The molecule has 2 aromatic heterocycles. The number of aromatic nitrogens is 3. The summed E-state index contributed by atoms with van der Waals surface area (Å²) in [6.07, 6.45) is 2.46. The van der Waals surface area contributed by atoms with Gasteiger partial charge in [0.25, 0.3) is 0 Å². The van der Waals surface area contributed by atoms with Gasteiger partial charge in [-0.25, -0.2) is 13.9 Å². The van der Waals surface area contributed by atoms with Crippen molar-refractivity contribution in [3.05, 3.63) is 23.8 Å². The van der Waals surface area contributed by atoms with Crippen molar-refractivity contribution >= 4 is 11.5 Å². The van der Waals surface area contributed by atoms with Gasteiger partial charge in [-0.1, -0.05) is 13.8 Å². The highest BCUT2D eigenvalue weighted by Gasteiger charge is 2.24. The van der Waals surface area contributed by atoms with Crippen LogP contribution in [0.15, 0.2) is 12.3 Å². The van der Waals surface area contributed by atoms with Crippen LogP contribution in [0.1, 0.15) is 38.3 Å². The van der Waals surface area contributed by atoms with E-state index in [4.69, 9.17) is 4.74 Å². The van der Waals surface area contributed by atoms with Crippen LogP contribution in [0, 0.1) is 5.82 Å². The molecule has 22 heavy (non-hydrogen) atoms. The molecule has 0 spiro atoms. The minimum Gasteiger partial charge on any atom is -0.389 e. The Bertz CT molecular complexity index is 660. The molecule has 6 nitrogen and oxygen atoms in total. The molecule has 1 saturated heterocycles. The molecule has 3 atom stereocenters. The zero-order valence-electron chi connectivity index (χ0n) is 12.8. The van der Waals surface area contributed by atoms with Crippen LogP contribution in [-0.2, 0) is 4.74 Å². The summed E-state index contributed by atoms with van der Waals surface area (Å²) in [5.74, 6) is 0.278. The second-order valence-electron chi connectivity index (χ2n) is 5.79. The summed E-state index contributed by atoms with van der Waals surface area (Å²) in [6, 6.07) is 1.37. The average Bonchev–Trinajstić information content (AvgIpc) is 2.85. The summed E-state index contributed by atoms with van der Waals surface area (Å²) in [7, 11) is 0. The van der Waals surface area contributed by atoms with Gasteiger partial charge in [-0.15, -0.1) is 5.10 Å². The maximum atomic E-state index is 14.0. The van der Waals surface area contributed by atoms with Crippen molar-refractivity contribution in [3.63, 3.8) is 0 Å². The van der Waals surface area contributed by atoms with Gasteiger partial charge in [0.15, 0.2) is 5.82 Å². The van der Waals surface area contributed by atoms with Crippen molar-refractivity contribution in [3.8, 4) is 0 Å². The van der Waals surface area contributed by atoms with Crippen LogP contribution < -0.4 is 5.32 Å². The Morgan fingerprint density at radius 1 is 1.59 bits per heavy atom. The number of ether oxygens (including phenoxy) is 1. The largest absolute Gasteiger partial charge is 0.389 e. The molecule has 7 heteroatoms. The van der Waals surface area contributed by atoms with Crippen molar-refractivity contribution in [1.82, 2.24) is 14.6 Å². The predicted octanol–water partition coefficient (Wildman–Crippen LogP) is 1.94. The molecule has 0 saturated carbocycles. The lowest BCUT2D eigenvalue weighted by molar-refractivity contribution is -0.0136. The van der Waals surface area contributed by atoms with Gasteiger partial charge in [-0.2, -0.15) is 0 Å². The lowest BCUT2D eigenvalue weighted by Crippen LogP contribution is -2.42. The highest BCUT2D eigenvalue weighted by molar-refractivity contribution is 5.50. The molecular formula is C15H21FN4O2. The van der Waals surface area contributed by atoms with Crippen LogP contribution in [-0.4, -0.2) is 45.1 Å². The minimum atomic E-state index is -0.594. The van der Waals surface area contributed by atoms with E-state index in [0.29, 0.717) is 31.1 Å². The van der Waals surface area contributed by atoms with E-state index in [-0.39, 0.29) is 17.8 Å². The summed E-state index contributed by atoms with van der Waals surface area (Å²) < 4.78 is 20.8. The second-order valence-corrected chi connectivity index (χ2v) is 5.79. The zero-order chi connectivity index (χ0) is 15.7. The normalized spacial score (nSPS) is 23.6. The molecule has 1 aliphatic rings. The lowest BCUT2D eigenvalue weighted by Gasteiger charge is -2.28. The Labute approximate surface area is 128 Å². The van der Waals surface area contributed by atoms with E-state index in [1.54, 1.807) is 4.52 Å². The van der Waals surface area contributed by atoms with Gasteiger partial charge in [0.1, 0.15) is 5.52 Å². The van der Waals surface area contributed by atoms with Crippen molar-refractivity contribution in [2.24, 2.45) is 0 Å². The molecule has 0 aliphatic carbocycles. The van der Waals surface area contributed by atoms with Gasteiger partial charge >= 0.3 is 0 Å². The molecule has 1 fully saturated rings. The Balaban J connectivity index is 1.91. The number of nitrogens with one attached hydrogen (secondary N) is 1. The maximum Gasteiger partial charge on any atom is 0.241 e. The quantitative estimate of drug-likeness (QED) is 0.903. The molecule has 0 amide bonds. The molecule has 2 N–H and O–H groups in total. The highest BCUT2D eigenvalue weighted by Crippen LogP contribution is 2.24. The topological polar surface area (TPSA) is 71.7 Å². The number of anilines is 1. The van der Waals surface area contributed by atoms with Gasteiger partial charge < -0.3 is 15.2 Å². The SMILES string of the molecule is CCC(C)c1cc(F)c2cnc(N[C@@H]3CCOC[C@H]3O)nn12. The summed E-state index contributed by atoms with van der Waals surface area (Å²) in [5.41, 5.74) is 1.20. The van der Waals surface area contributed by atoms with E-state index in [2.05, 4.69) is 22.3 Å². The van der Waals surface area contributed by atoms with E-state index in [1.807, 2.05) is 6.92 Å². The fourth-order valence-corrected chi connectivity index (χ4v) is 2.66. The summed E-state index contributed by atoms with van der Waals surface area (Å²) >= 11 is 0. The van der Waals surface area contributed by atoms with Gasteiger partial charge in [-0.3, -0.25) is 0 Å². The van der Waals surface area contributed by atoms with Crippen LogP contribution in [0.3, 0.4) is 0 Å². The average molecular weight is 308 g/mol. The lowest BCUT2D eigenvalue weighted by atomic mass is 10.1. The van der Waals surface area contributed by atoms with E-state index < -0.39 is 6.10 Å². The monoisotopic (exact) mass is 308 g/mol. The number of fused-ring (bicyclic) bond motifs is 1. The predicted molar refractivity (Wildman–Crippen MR) is 80.5 cm³/mol. The van der Waals surface area contributed by atoms with Gasteiger partial charge in [0.2, 0.25) is 5.95 Å². The van der Waals surface area contributed by atoms with Crippen molar-refractivity contribution < 1.29 is 14.2 Å². The van der Waals surface area contributed by atoms with Crippen LogP contribution in [0.4, 0.5) is 10.3 Å². The molecule has 3 heterocycles. The molecule has 0 radical (unpaired) electrons. The van der Waals surface area contributed by atoms with Crippen molar-refractivity contribution in [2.75, 3.05) is 18.5 Å². The Morgan fingerprint density at radius 2 is 2.41 bits per heavy atom. The second kappa shape index (κ2) is 6.18. The Hall–Kier alpha value is -1.73.